The summed E-state index contributed by atoms with van der Waals surface area (Å²) >= 11 is 6.40. The van der Waals surface area contributed by atoms with Crippen LogP contribution in [0, 0.1) is 5.41 Å². The van der Waals surface area contributed by atoms with Gasteiger partial charge in [-0.1, -0.05) is 73.5 Å². The second-order valence-electron chi connectivity index (χ2n) is 9.30. The van der Waals surface area contributed by atoms with Crippen molar-refractivity contribution in [3.8, 4) is 11.1 Å². The zero-order valence-electron chi connectivity index (χ0n) is 18.8. The van der Waals surface area contributed by atoms with Crippen LogP contribution in [-0.2, 0) is 9.53 Å². The summed E-state index contributed by atoms with van der Waals surface area (Å²) < 4.78 is 5.17. The predicted octanol–water partition coefficient (Wildman–Crippen LogP) is 7.13. The Bertz CT molecular complexity index is 1140. The summed E-state index contributed by atoms with van der Waals surface area (Å²) in [5.74, 6) is -0.484. The molecule has 1 aliphatic carbocycles. The molecule has 2 aromatic rings. The van der Waals surface area contributed by atoms with Gasteiger partial charge in [0.25, 0.3) is 0 Å². The number of allylic oxidation sites excluding steroid dienone is 3. The van der Waals surface area contributed by atoms with E-state index >= 15 is 0 Å². The lowest BCUT2D eigenvalue weighted by Gasteiger charge is -2.39. The Hall–Kier alpha value is -2.65. The molecular formula is C27H28ClNO2. The van der Waals surface area contributed by atoms with Crippen molar-refractivity contribution in [1.29, 1.82) is 0 Å². The Morgan fingerprint density at radius 1 is 1.06 bits per heavy atom. The number of esters is 1. The third kappa shape index (κ3) is 3.99. The molecule has 31 heavy (non-hydrogen) atoms. The van der Waals surface area contributed by atoms with Crippen LogP contribution in [0.25, 0.3) is 11.1 Å². The van der Waals surface area contributed by atoms with Crippen LogP contribution in [0.1, 0.15) is 52.0 Å². The molecule has 0 amide bonds. The van der Waals surface area contributed by atoms with E-state index in [0.29, 0.717) is 5.57 Å². The number of hydrogen-bond acceptors (Lipinski definition) is 3. The van der Waals surface area contributed by atoms with Crippen LogP contribution in [0.5, 0.6) is 0 Å². The van der Waals surface area contributed by atoms with Gasteiger partial charge >= 0.3 is 5.97 Å². The Morgan fingerprint density at radius 2 is 1.74 bits per heavy atom. The molecule has 1 atom stereocenters. The summed E-state index contributed by atoms with van der Waals surface area (Å²) in [6, 6.07) is 16.2. The summed E-state index contributed by atoms with van der Waals surface area (Å²) in [7, 11) is 1.44. The second-order valence-corrected chi connectivity index (χ2v) is 9.70. The number of hydrogen-bond donors (Lipinski definition) is 0. The number of aliphatic imine (C=N–C) groups is 1. The highest BCUT2D eigenvalue weighted by atomic mass is 35.5. The van der Waals surface area contributed by atoms with E-state index in [9.17, 15) is 4.79 Å². The summed E-state index contributed by atoms with van der Waals surface area (Å²) in [4.78, 5) is 17.7. The zero-order chi connectivity index (χ0) is 22.3. The van der Waals surface area contributed by atoms with Crippen molar-refractivity contribution in [2.24, 2.45) is 10.4 Å². The molecule has 1 aliphatic heterocycles. The van der Waals surface area contributed by atoms with Gasteiger partial charge in [-0.05, 0) is 54.9 Å². The molecule has 160 valence electrons. The quantitative estimate of drug-likeness (QED) is 0.483. The SMILES string of the molecule is COC(=O)C1=C(C)N=C2CC(C)(C)CC(C)=C2C1c1ccc(-c2ccccc2Cl)cc1. The number of carbonyl (C=O) groups excluding carboxylic acids is 1. The maximum Gasteiger partial charge on any atom is 0.336 e. The van der Waals surface area contributed by atoms with E-state index in [1.165, 1.54) is 18.3 Å². The molecule has 4 heteroatoms. The van der Waals surface area contributed by atoms with Crippen molar-refractivity contribution in [3.63, 3.8) is 0 Å². The molecule has 3 nitrogen and oxygen atoms in total. The molecule has 0 N–H and O–H groups in total. The van der Waals surface area contributed by atoms with Gasteiger partial charge in [0, 0.05) is 27.9 Å². The van der Waals surface area contributed by atoms with Gasteiger partial charge in [-0.2, -0.15) is 0 Å². The standard InChI is InChI=1S/C27H28ClNO2/c1-16-14-27(3,4)15-22-23(16)25(24(17(2)29-22)26(30)31-5)19-12-10-18(11-13-19)20-8-6-7-9-21(20)28/h6-13,25H,14-15H2,1-5H3. The molecule has 1 unspecified atom stereocenters. The first-order chi connectivity index (χ1) is 14.7. The summed E-state index contributed by atoms with van der Waals surface area (Å²) in [5, 5.41) is 0.724. The number of nitrogens with zero attached hydrogens (tertiary/aromatic N) is 1. The Balaban J connectivity index is 1.85. The van der Waals surface area contributed by atoms with Gasteiger partial charge in [0.2, 0.25) is 0 Å². The van der Waals surface area contributed by atoms with Gasteiger partial charge in [0.05, 0.1) is 12.7 Å². The number of rotatable bonds is 3. The highest BCUT2D eigenvalue weighted by Gasteiger charge is 2.40. The Morgan fingerprint density at radius 3 is 2.39 bits per heavy atom. The van der Waals surface area contributed by atoms with Crippen molar-refractivity contribution in [1.82, 2.24) is 0 Å². The first-order valence-electron chi connectivity index (χ1n) is 10.6. The summed E-state index contributed by atoms with van der Waals surface area (Å²) in [6.07, 6.45) is 1.89. The van der Waals surface area contributed by atoms with Gasteiger partial charge in [-0.25, -0.2) is 4.79 Å². The van der Waals surface area contributed by atoms with Crippen molar-refractivity contribution in [3.05, 3.63) is 81.5 Å². The number of carbonyl (C=O) groups is 1. The Labute approximate surface area is 189 Å². The van der Waals surface area contributed by atoms with E-state index in [1.807, 2.05) is 31.2 Å². The van der Waals surface area contributed by atoms with Crippen molar-refractivity contribution < 1.29 is 9.53 Å². The number of fused-ring (bicyclic) bond motifs is 1. The molecule has 0 bridgehead atoms. The number of methoxy groups -OCH3 is 1. The van der Waals surface area contributed by atoms with Crippen LogP contribution in [0.4, 0.5) is 0 Å². The topological polar surface area (TPSA) is 38.7 Å². The minimum Gasteiger partial charge on any atom is -0.466 e. The number of benzene rings is 2. The number of ether oxygens (including phenoxy) is 1. The molecular weight excluding hydrogens is 406 g/mol. The molecule has 4 rings (SSSR count). The van der Waals surface area contributed by atoms with Gasteiger partial charge in [-0.3, -0.25) is 4.99 Å². The van der Waals surface area contributed by atoms with Crippen LogP contribution < -0.4 is 0 Å². The lowest BCUT2D eigenvalue weighted by atomic mass is 9.67. The lowest BCUT2D eigenvalue weighted by Crippen LogP contribution is -2.32. The second kappa shape index (κ2) is 8.12. The largest absolute Gasteiger partial charge is 0.466 e. The van der Waals surface area contributed by atoms with Crippen molar-refractivity contribution in [2.45, 2.75) is 46.5 Å². The molecule has 0 fully saturated rings. The van der Waals surface area contributed by atoms with E-state index < -0.39 is 0 Å². The van der Waals surface area contributed by atoms with Crippen LogP contribution >= 0.6 is 11.6 Å². The van der Waals surface area contributed by atoms with Crippen LogP contribution in [0.15, 0.2) is 75.9 Å². The van der Waals surface area contributed by atoms with Crippen LogP contribution in [-0.4, -0.2) is 18.8 Å². The minimum atomic E-state index is -0.314. The normalized spacial score (nSPS) is 20.3. The van der Waals surface area contributed by atoms with Gasteiger partial charge in [-0.15, -0.1) is 0 Å². The molecule has 0 radical (unpaired) electrons. The van der Waals surface area contributed by atoms with E-state index in [0.717, 1.165) is 46.0 Å². The van der Waals surface area contributed by atoms with E-state index in [4.69, 9.17) is 21.3 Å². The summed E-state index contributed by atoms with van der Waals surface area (Å²) in [5.41, 5.74) is 8.22. The lowest BCUT2D eigenvalue weighted by molar-refractivity contribution is -0.136. The maximum atomic E-state index is 12.8. The minimum absolute atomic E-state index is 0.161. The summed E-state index contributed by atoms with van der Waals surface area (Å²) in [6.45, 7) is 8.64. The van der Waals surface area contributed by atoms with Crippen LogP contribution in [0.2, 0.25) is 5.02 Å². The van der Waals surface area contributed by atoms with Gasteiger partial charge in [0.15, 0.2) is 0 Å². The smallest absolute Gasteiger partial charge is 0.336 e. The van der Waals surface area contributed by atoms with E-state index in [-0.39, 0.29) is 17.3 Å². The highest BCUT2D eigenvalue weighted by Crippen LogP contribution is 2.48. The van der Waals surface area contributed by atoms with E-state index in [2.05, 4.69) is 45.0 Å². The van der Waals surface area contributed by atoms with Crippen molar-refractivity contribution in [2.75, 3.05) is 7.11 Å². The van der Waals surface area contributed by atoms with E-state index in [1.54, 1.807) is 0 Å². The fourth-order valence-electron chi connectivity index (χ4n) is 5.06. The average molecular weight is 434 g/mol. The third-order valence-electron chi connectivity index (χ3n) is 6.26. The first kappa shape index (κ1) is 21.6. The molecule has 1 heterocycles. The molecule has 0 aromatic heterocycles. The van der Waals surface area contributed by atoms with Gasteiger partial charge in [0.1, 0.15) is 0 Å². The monoisotopic (exact) mass is 433 g/mol. The fraction of sp³-hybridized carbons (Fsp3) is 0.333. The molecule has 2 aliphatic rings. The third-order valence-corrected chi connectivity index (χ3v) is 6.59. The molecule has 2 aromatic carbocycles. The molecule has 0 saturated heterocycles. The fourth-order valence-corrected chi connectivity index (χ4v) is 5.30. The molecule has 0 saturated carbocycles. The molecule has 0 spiro atoms. The first-order valence-corrected chi connectivity index (χ1v) is 11.0. The van der Waals surface area contributed by atoms with Crippen LogP contribution in [0.3, 0.4) is 0 Å². The zero-order valence-corrected chi connectivity index (χ0v) is 19.5. The Kier molecular flexibility index (Phi) is 5.65. The average Bonchev–Trinajstić information content (AvgIpc) is 2.72. The van der Waals surface area contributed by atoms with Crippen molar-refractivity contribution >= 4 is 23.3 Å². The number of halogens is 1. The highest BCUT2D eigenvalue weighted by molar-refractivity contribution is 6.33. The van der Waals surface area contributed by atoms with Gasteiger partial charge < -0.3 is 4.74 Å². The predicted molar refractivity (Wildman–Crippen MR) is 127 cm³/mol. The maximum absolute atomic E-state index is 12.8.